The quantitative estimate of drug-likeness (QED) is 0.382. The highest BCUT2D eigenvalue weighted by Crippen LogP contribution is 2.33. The van der Waals surface area contributed by atoms with E-state index in [2.05, 4.69) is 15.5 Å². The number of nitrogens with zero attached hydrogens (tertiary/aromatic N) is 3. The zero-order valence-electron chi connectivity index (χ0n) is 20.0. The van der Waals surface area contributed by atoms with Gasteiger partial charge in [-0.05, 0) is 37.5 Å². The third-order valence-corrected chi connectivity index (χ3v) is 6.86. The van der Waals surface area contributed by atoms with Crippen molar-refractivity contribution in [2.45, 2.75) is 69.1 Å². The highest BCUT2D eigenvalue weighted by molar-refractivity contribution is 7.99. The molecule has 0 spiro atoms. The average Bonchev–Trinajstić information content (AvgIpc) is 3.21. The molecule has 2 aromatic rings. The van der Waals surface area contributed by atoms with Gasteiger partial charge in [-0.15, -0.1) is 10.2 Å². The Morgan fingerprint density at radius 2 is 1.79 bits per heavy atom. The Hall–Kier alpha value is -2.26. The fourth-order valence-corrected chi connectivity index (χ4v) is 4.93. The lowest BCUT2D eigenvalue weighted by molar-refractivity contribution is -0.119. The maximum absolute atomic E-state index is 12.6. The maximum Gasteiger partial charge on any atom is 0.230 e. The molecule has 0 aliphatic heterocycles. The zero-order chi connectivity index (χ0) is 23.5. The lowest BCUT2D eigenvalue weighted by Crippen LogP contribution is -2.36. The molecule has 1 aliphatic rings. The van der Waals surface area contributed by atoms with E-state index in [0.717, 1.165) is 35.8 Å². The topological polar surface area (TPSA) is 87.5 Å². The molecule has 9 heteroatoms. The molecule has 8 nitrogen and oxygen atoms in total. The number of hydrogen-bond acceptors (Lipinski definition) is 7. The molecule has 1 heterocycles. The third-order valence-electron chi connectivity index (χ3n) is 5.89. The number of thioether (sulfide) groups is 1. The van der Waals surface area contributed by atoms with Crippen LogP contribution >= 0.6 is 11.8 Å². The minimum Gasteiger partial charge on any atom is -0.493 e. The van der Waals surface area contributed by atoms with Gasteiger partial charge < -0.3 is 24.1 Å². The molecule has 1 saturated carbocycles. The molecule has 3 rings (SSSR count). The molecule has 1 fully saturated rings. The first-order valence-corrected chi connectivity index (χ1v) is 12.7. The van der Waals surface area contributed by atoms with Gasteiger partial charge in [0.1, 0.15) is 0 Å². The fraction of sp³-hybridized carbons (Fsp3) is 0.625. The highest BCUT2D eigenvalue weighted by Gasteiger charge is 2.19. The van der Waals surface area contributed by atoms with E-state index in [1.54, 1.807) is 21.3 Å². The first-order valence-electron chi connectivity index (χ1n) is 11.7. The van der Waals surface area contributed by atoms with Crippen LogP contribution in [0.4, 0.5) is 0 Å². The summed E-state index contributed by atoms with van der Waals surface area (Å²) in [6.07, 6.45) is 9.21. The predicted molar refractivity (Wildman–Crippen MR) is 130 cm³/mol. The SMILES string of the molecule is COCCCn1c(SCC(=O)NC2CCCCCCC2)nnc1-c1ccc(OC)c(OC)c1. The summed E-state index contributed by atoms with van der Waals surface area (Å²) in [7, 11) is 4.92. The molecule has 0 atom stereocenters. The first kappa shape index (κ1) is 25.4. The van der Waals surface area contributed by atoms with Crippen LogP contribution in [0.2, 0.25) is 0 Å². The van der Waals surface area contributed by atoms with Crippen molar-refractivity contribution in [3.05, 3.63) is 18.2 Å². The fourth-order valence-electron chi connectivity index (χ4n) is 4.15. The van der Waals surface area contributed by atoms with E-state index in [4.69, 9.17) is 14.2 Å². The predicted octanol–water partition coefficient (Wildman–Crippen LogP) is 4.32. The van der Waals surface area contributed by atoms with Crippen LogP contribution in [-0.4, -0.2) is 60.4 Å². The van der Waals surface area contributed by atoms with Gasteiger partial charge in [0.2, 0.25) is 5.91 Å². The molecule has 0 saturated heterocycles. The smallest absolute Gasteiger partial charge is 0.230 e. The molecular weight excluding hydrogens is 440 g/mol. The third kappa shape index (κ3) is 7.37. The maximum atomic E-state index is 12.6. The normalized spacial score (nSPS) is 15.0. The molecule has 0 bridgehead atoms. The van der Waals surface area contributed by atoms with E-state index in [1.165, 1.54) is 43.9 Å². The molecule has 1 aromatic heterocycles. The Kier molecular flexibility index (Phi) is 10.3. The summed E-state index contributed by atoms with van der Waals surface area (Å²) in [6.45, 7) is 1.33. The second-order valence-corrected chi connectivity index (χ2v) is 9.21. The van der Waals surface area contributed by atoms with Gasteiger partial charge in [0.15, 0.2) is 22.5 Å². The number of ether oxygens (including phenoxy) is 3. The van der Waals surface area contributed by atoms with Crippen LogP contribution in [0.1, 0.15) is 51.4 Å². The molecule has 0 radical (unpaired) electrons. The van der Waals surface area contributed by atoms with E-state index in [1.807, 2.05) is 22.8 Å². The van der Waals surface area contributed by atoms with Crippen molar-refractivity contribution in [3.63, 3.8) is 0 Å². The van der Waals surface area contributed by atoms with Gasteiger partial charge in [0.25, 0.3) is 0 Å². The van der Waals surface area contributed by atoms with Crippen LogP contribution in [-0.2, 0) is 16.1 Å². The van der Waals surface area contributed by atoms with Gasteiger partial charge in [-0.25, -0.2) is 0 Å². The first-order chi connectivity index (χ1) is 16.2. The number of amides is 1. The number of nitrogens with one attached hydrogen (secondary N) is 1. The number of benzene rings is 1. The van der Waals surface area contributed by atoms with Crippen molar-refractivity contribution in [1.29, 1.82) is 0 Å². The van der Waals surface area contributed by atoms with Gasteiger partial charge in [0.05, 0.1) is 20.0 Å². The number of carbonyl (C=O) groups is 1. The van der Waals surface area contributed by atoms with Gasteiger partial charge in [-0.1, -0.05) is 43.9 Å². The number of rotatable bonds is 11. The Bertz CT molecular complexity index is 881. The second kappa shape index (κ2) is 13.4. The highest BCUT2D eigenvalue weighted by atomic mass is 32.2. The van der Waals surface area contributed by atoms with Crippen molar-refractivity contribution in [3.8, 4) is 22.9 Å². The van der Waals surface area contributed by atoms with E-state index >= 15 is 0 Å². The average molecular weight is 477 g/mol. The lowest BCUT2D eigenvalue weighted by atomic mass is 9.97. The van der Waals surface area contributed by atoms with Crippen molar-refractivity contribution in [2.24, 2.45) is 0 Å². The molecule has 1 aliphatic carbocycles. The van der Waals surface area contributed by atoms with Gasteiger partial charge in [-0.3, -0.25) is 4.79 Å². The van der Waals surface area contributed by atoms with Crippen LogP contribution in [0.25, 0.3) is 11.4 Å². The van der Waals surface area contributed by atoms with E-state index in [-0.39, 0.29) is 5.91 Å². The standard InChI is InChI=1S/C24H36N4O4S/c1-30-15-9-14-28-23(18-12-13-20(31-2)21(16-18)32-3)26-27-24(28)33-17-22(29)25-19-10-7-5-4-6-8-11-19/h12-13,16,19H,4-11,14-15,17H2,1-3H3,(H,25,29). The molecule has 182 valence electrons. The summed E-state index contributed by atoms with van der Waals surface area (Å²) in [6, 6.07) is 5.98. The van der Waals surface area contributed by atoms with Crippen LogP contribution in [0.5, 0.6) is 11.5 Å². The molecule has 1 aromatic carbocycles. The Balaban J connectivity index is 1.71. The monoisotopic (exact) mass is 476 g/mol. The lowest BCUT2D eigenvalue weighted by Gasteiger charge is -2.20. The molecule has 33 heavy (non-hydrogen) atoms. The van der Waals surface area contributed by atoms with Crippen LogP contribution in [0.15, 0.2) is 23.4 Å². The van der Waals surface area contributed by atoms with Crippen molar-refractivity contribution in [2.75, 3.05) is 33.7 Å². The summed E-state index contributed by atoms with van der Waals surface area (Å²) in [5, 5.41) is 12.8. The number of hydrogen-bond donors (Lipinski definition) is 1. The Morgan fingerprint density at radius 1 is 1.06 bits per heavy atom. The zero-order valence-corrected chi connectivity index (χ0v) is 20.8. The largest absolute Gasteiger partial charge is 0.493 e. The second-order valence-electron chi connectivity index (χ2n) is 8.27. The van der Waals surface area contributed by atoms with Crippen molar-refractivity contribution < 1.29 is 19.0 Å². The van der Waals surface area contributed by atoms with Crippen LogP contribution in [0, 0.1) is 0 Å². The summed E-state index contributed by atoms with van der Waals surface area (Å²) >= 11 is 1.42. The summed E-state index contributed by atoms with van der Waals surface area (Å²) in [5.41, 5.74) is 0.878. The van der Waals surface area contributed by atoms with E-state index in [9.17, 15) is 4.79 Å². The Morgan fingerprint density at radius 3 is 2.48 bits per heavy atom. The van der Waals surface area contributed by atoms with Crippen molar-refractivity contribution >= 4 is 17.7 Å². The van der Waals surface area contributed by atoms with Gasteiger partial charge in [-0.2, -0.15) is 0 Å². The summed E-state index contributed by atoms with van der Waals surface area (Å²) < 4.78 is 18.1. The minimum atomic E-state index is 0.0599. The molecule has 0 unspecified atom stereocenters. The van der Waals surface area contributed by atoms with Crippen LogP contribution < -0.4 is 14.8 Å². The Labute approximate surface area is 200 Å². The summed E-state index contributed by atoms with van der Waals surface area (Å²) in [4.78, 5) is 12.6. The molecular formula is C24H36N4O4S. The van der Waals surface area contributed by atoms with E-state index < -0.39 is 0 Å². The summed E-state index contributed by atoms with van der Waals surface area (Å²) in [5.74, 6) is 2.41. The van der Waals surface area contributed by atoms with Gasteiger partial charge >= 0.3 is 0 Å². The van der Waals surface area contributed by atoms with Gasteiger partial charge in [0, 0.05) is 31.9 Å². The minimum absolute atomic E-state index is 0.0599. The number of carbonyl (C=O) groups excluding carboxylic acids is 1. The van der Waals surface area contributed by atoms with Crippen molar-refractivity contribution in [1.82, 2.24) is 20.1 Å². The van der Waals surface area contributed by atoms with E-state index in [0.29, 0.717) is 36.4 Å². The number of methoxy groups -OCH3 is 3. The molecule has 1 N–H and O–H groups in total. The van der Waals surface area contributed by atoms with Crippen LogP contribution in [0.3, 0.4) is 0 Å². The molecule has 1 amide bonds. The number of aromatic nitrogens is 3.